The van der Waals surface area contributed by atoms with Crippen LogP contribution in [-0.4, -0.2) is 36.7 Å². The Morgan fingerprint density at radius 3 is 2.54 bits per heavy atom. The van der Waals surface area contributed by atoms with Gasteiger partial charge in [0, 0.05) is 24.7 Å². The number of likely N-dealkylation sites (tertiary alicyclic amines) is 1. The Kier molecular flexibility index (Phi) is 5.28. The first-order valence-electron chi connectivity index (χ1n) is 9.33. The molecule has 1 fully saturated rings. The van der Waals surface area contributed by atoms with E-state index in [0.29, 0.717) is 30.2 Å². The van der Waals surface area contributed by atoms with Crippen molar-refractivity contribution < 1.29 is 23.8 Å². The van der Waals surface area contributed by atoms with Crippen molar-refractivity contribution in [2.75, 3.05) is 19.9 Å². The summed E-state index contributed by atoms with van der Waals surface area (Å²) < 4.78 is 16.2. The van der Waals surface area contributed by atoms with E-state index >= 15 is 0 Å². The van der Waals surface area contributed by atoms with Crippen molar-refractivity contribution in [1.29, 1.82) is 0 Å². The quantitative estimate of drug-likeness (QED) is 0.589. The Labute approximate surface area is 163 Å². The molecule has 2 aliphatic rings. The van der Waals surface area contributed by atoms with Gasteiger partial charge in [0.25, 0.3) is 5.91 Å². The highest BCUT2D eigenvalue weighted by molar-refractivity contribution is 5.91. The van der Waals surface area contributed by atoms with Gasteiger partial charge in [-0.25, -0.2) is 4.79 Å². The normalized spacial score (nSPS) is 16.4. The van der Waals surface area contributed by atoms with Crippen LogP contribution in [0.2, 0.25) is 0 Å². The van der Waals surface area contributed by atoms with Gasteiger partial charge >= 0.3 is 5.97 Å². The van der Waals surface area contributed by atoms with Crippen molar-refractivity contribution in [3.05, 3.63) is 65.7 Å². The number of esters is 1. The van der Waals surface area contributed by atoms with Crippen LogP contribution in [0.5, 0.6) is 11.5 Å². The molecule has 6 nitrogen and oxygen atoms in total. The van der Waals surface area contributed by atoms with Crippen molar-refractivity contribution in [2.24, 2.45) is 0 Å². The molecule has 2 aromatic carbocycles. The molecular weight excluding hydrogens is 358 g/mol. The van der Waals surface area contributed by atoms with E-state index in [1.807, 2.05) is 24.3 Å². The van der Waals surface area contributed by atoms with Crippen LogP contribution in [0.4, 0.5) is 0 Å². The van der Waals surface area contributed by atoms with E-state index < -0.39 is 12.1 Å². The zero-order valence-electron chi connectivity index (χ0n) is 15.4. The molecule has 0 spiro atoms. The molecule has 0 aliphatic carbocycles. The third-order valence-electron chi connectivity index (χ3n) is 4.79. The number of carbonyl (C=O) groups is 2. The highest BCUT2D eigenvalue weighted by atomic mass is 16.7. The van der Waals surface area contributed by atoms with Crippen LogP contribution in [0.3, 0.4) is 0 Å². The average molecular weight is 379 g/mol. The van der Waals surface area contributed by atoms with E-state index in [4.69, 9.17) is 14.2 Å². The Hall–Kier alpha value is -3.28. The SMILES string of the molecule is O=C(/C=C/c1ccc2c(c1)OCO2)O[C@@H](C(=O)N1CCCC1)c1ccccc1. The van der Waals surface area contributed by atoms with Crippen molar-refractivity contribution in [1.82, 2.24) is 4.90 Å². The molecule has 0 aromatic heterocycles. The molecule has 144 valence electrons. The lowest BCUT2D eigenvalue weighted by Crippen LogP contribution is -2.34. The molecule has 0 saturated carbocycles. The average Bonchev–Trinajstić information content (AvgIpc) is 3.42. The lowest BCUT2D eigenvalue weighted by Gasteiger charge is -2.23. The maximum atomic E-state index is 12.9. The highest BCUT2D eigenvalue weighted by Crippen LogP contribution is 2.32. The van der Waals surface area contributed by atoms with Crippen LogP contribution in [0.1, 0.15) is 30.1 Å². The number of hydrogen-bond acceptors (Lipinski definition) is 5. The molecule has 1 atom stereocenters. The fourth-order valence-corrected chi connectivity index (χ4v) is 3.33. The summed E-state index contributed by atoms with van der Waals surface area (Å²) in [5.74, 6) is 0.578. The Bertz CT molecular complexity index is 887. The van der Waals surface area contributed by atoms with E-state index in [1.54, 1.807) is 35.2 Å². The van der Waals surface area contributed by atoms with Crippen molar-refractivity contribution in [3.63, 3.8) is 0 Å². The van der Waals surface area contributed by atoms with Crippen molar-refractivity contribution in [3.8, 4) is 11.5 Å². The first-order valence-corrected chi connectivity index (χ1v) is 9.33. The monoisotopic (exact) mass is 379 g/mol. The molecule has 1 amide bonds. The lowest BCUT2D eigenvalue weighted by molar-refractivity contribution is -0.156. The van der Waals surface area contributed by atoms with Gasteiger partial charge in [-0.2, -0.15) is 0 Å². The number of hydrogen-bond donors (Lipinski definition) is 0. The summed E-state index contributed by atoms with van der Waals surface area (Å²) in [5.41, 5.74) is 1.45. The first kappa shape index (κ1) is 18.1. The molecule has 1 saturated heterocycles. The van der Waals surface area contributed by atoms with Crippen LogP contribution < -0.4 is 9.47 Å². The Balaban J connectivity index is 1.48. The standard InChI is InChI=1S/C22H21NO5/c24-20(11-9-16-8-10-18-19(14-16)27-15-26-18)28-21(17-6-2-1-3-7-17)22(25)23-12-4-5-13-23/h1-3,6-11,14,21H,4-5,12-13,15H2/b11-9+/t21-/m1/s1. The second kappa shape index (κ2) is 8.17. The predicted octanol–water partition coefficient (Wildman–Crippen LogP) is 3.34. The Morgan fingerprint density at radius 2 is 1.75 bits per heavy atom. The topological polar surface area (TPSA) is 65.1 Å². The molecule has 0 N–H and O–H groups in total. The molecule has 28 heavy (non-hydrogen) atoms. The van der Waals surface area contributed by atoms with E-state index in [1.165, 1.54) is 6.08 Å². The summed E-state index contributed by atoms with van der Waals surface area (Å²) in [6.07, 6.45) is 3.97. The van der Waals surface area contributed by atoms with E-state index in [9.17, 15) is 9.59 Å². The first-order chi connectivity index (χ1) is 13.7. The maximum absolute atomic E-state index is 12.9. The minimum atomic E-state index is -0.937. The highest BCUT2D eigenvalue weighted by Gasteiger charge is 2.30. The molecular formula is C22H21NO5. The van der Waals surface area contributed by atoms with Crippen molar-refractivity contribution >= 4 is 18.0 Å². The smallest absolute Gasteiger partial charge is 0.331 e. The van der Waals surface area contributed by atoms with Gasteiger partial charge in [-0.15, -0.1) is 0 Å². The van der Waals surface area contributed by atoms with Crippen LogP contribution in [0.25, 0.3) is 6.08 Å². The van der Waals surface area contributed by atoms with E-state index in [0.717, 1.165) is 18.4 Å². The predicted molar refractivity (Wildman–Crippen MR) is 103 cm³/mol. The van der Waals surface area contributed by atoms with Gasteiger partial charge in [-0.1, -0.05) is 36.4 Å². The fourth-order valence-electron chi connectivity index (χ4n) is 3.33. The zero-order valence-corrected chi connectivity index (χ0v) is 15.4. The number of amides is 1. The minimum absolute atomic E-state index is 0.173. The van der Waals surface area contributed by atoms with Crippen LogP contribution in [0, 0.1) is 0 Å². The molecule has 2 heterocycles. The molecule has 2 aliphatic heterocycles. The lowest BCUT2D eigenvalue weighted by atomic mass is 10.1. The second-order valence-electron chi connectivity index (χ2n) is 6.71. The van der Waals surface area contributed by atoms with E-state index in [-0.39, 0.29) is 12.7 Å². The van der Waals surface area contributed by atoms with Gasteiger partial charge in [0.1, 0.15) is 0 Å². The number of rotatable bonds is 5. The summed E-state index contributed by atoms with van der Waals surface area (Å²) in [6.45, 7) is 1.60. The molecule has 0 radical (unpaired) electrons. The summed E-state index contributed by atoms with van der Waals surface area (Å²) >= 11 is 0. The molecule has 2 aromatic rings. The van der Waals surface area contributed by atoms with Crippen molar-refractivity contribution in [2.45, 2.75) is 18.9 Å². The zero-order chi connectivity index (χ0) is 19.3. The molecule has 0 unspecified atom stereocenters. The molecule has 4 rings (SSSR count). The van der Waals surface area contributed by atoms with Crippen LogP contribution in [0.15, 0.2) is 54.6 Å². The minimum Gasteiger partial charge on any atom is -0.454 e. The van der Waals surface area contributed by atoms with Gasteiger partial charge in [0.05, 0.1) is 0 Å². The summed E-state index contributed by atoms with van der Waals surface area (Å²) in [7, 11) is 0. The number of nitrogens with zero attached hydrogens (tertiary/aromatic N) is 1. The number of ether oxygens (including phenoxy) is 3. The van der Waals surface area contributed by atoms with E-state index in [2.05, 4.69) is 0 Å². The van der Waals surface area contributed by atoms with Gasteiger partial charge in [0.15, 0.2) is 11.5 Å². The number of fused-ring (bicyclic) bond motifs is 1. The number of carbonyl (C=O) groups excluding carboxylic acids is 2. The summed E-state index contributed by atoms with van der Waals surface area (Å²) in [5, 5.41) is 0. The third-order valence-corrected chi connectivity index (χ3v) is 4.79. The Morgan fingerprint density at radius 1 is 1.00 bits per heavy atom. The third kappa shape index (κ3) is 4.01. The van der Waals surface area contributed by atoms with Gasteiger partial charge in [-0.05, 0) is 36.6 Å². The second-order valence-corrected chi connectivity index (χ2v) is 6.71. The van der Waals surface area contributed by atoms with Crippen LogP contribution >= 0.6 is 0 Å². The van der Waals surface area contributed by atoms with Gasteiger partial charge in [0.2, 0.25) is 12.9 Å². The largest absolute Gasteiger partial charge is 0.454 e. The van der Waals surface area contributed by atoms with Gasteiger partial charge in [-0.3, -0.25) is 4.79 Å². The summed E-state index contributed by atoms with van der Waals surface area (Å²) in [4.78, 5) is 27.1. The maximum Gasteiger partial charge on any atom is 0.331 e. The van der Waals surface area contributed by atoms with Crippen LogP contribution in [-0.2, 0) is 14.3 Å². The fraction of sp³-hybridized carbons (Fsp3) is 0.273. The number of benzene rings is 2. The molecule has 0 bridgehead atoms. The summed E-state index contributed by atoms with van der Waals surface area (Å²) in [6, 6.07) is 14.5. The molecule has 6 heteroatoms. The van der Waals surface area contributed by atoms with Gasteiger partial charge < -0.3 is 19.1 Å².